The average Bonchev–Trinajstić information content (AvgIpc) is 2.73. The molecular weight excluding hydrogens is 336 g/mol. The molecule has 2 aromatic heterocycles. The summed E-state index contributed by atoms with van der Waals surface area (Å²) < 4.78 is 7.17. The highest BCUT2D eigenvalue weighted by Crippen LogP contribution is 2.29. The van der Waals surface area contributed by atoms with Crippen LogP contribution < -0.4 is 10.3 Å². The molecule has 0 saturated carbocycles. The topological polar surface area (TPSA) is 44.1 Å². The number of ether oxygens (including phenoxy) is 1. The van der Waals surface area contributed by atoms with Crippen LogP contribution in [0.2, 0.25) is 0 Å². The Morgan fingerprint density at radius 1 is 1.19 bits per heavy atom. The first-order valence-corrected chi connectivity index (χ1v) is 9.27. The summed E-state index contributed by atoms with van der Waals surface area (Å²) in [6.45, 7) is 2.08. The van der Waals surface area contributed by atoms with E-state index in [1.54, 1.807) is 19.5 Å². The average molecular weight is 358 g/mol. The molecule has 0 unspecified atom stereocenters. The Kier molecular flexibility index (Phi) is 4.63. The molecule has 0 N–H and O–H groups in total. The van der Waals surface area contributed by atoms with Crippen LogP contribution in [0.1, 0.15) is 25.5 Å². The van der Waals surface area contributed by atoms with Gasteiger partial charge in [-0.3, -0.25) is 14.3 Å². The number of aromatic nitrogens is 2. The third-order valence-electron chi connectivity index (χ3n) is 4.98. The van der Waals surface area contributed by atoms with Crippen molar-refractivity contribution in [2.75, 3.05) is 7.11 Å². The van der Waals surface area contributed by atoms with Crippen molar-refractivity contribution in [1.82, 2.24) is 9.55 Å². The van der Waals surface area contributed by atoms with Crippen molar-refractivity contribution in [3.63, 3.8) is 0 Å². The number of pyridine rings is 2. The fourth-order valence-electron chi connectivity index (χ4n) is 3.64. The van der Waals surface area contributed by atoms with E-state index < -0.39 is 0 Å². The number of aryl methyl sites for hydroxylation is 1. The highest BCUT2D eigenvalue weighted by Gasteiger charge is 2.15. The van der Waals surface area contributed by atoms with E-state index in [9.17, 15) is 4.79 Å². The van der Waals surface area contributed by atoms with Gasteiger partial charge in [-0.05, 0) is 48.4 Å². The van der Waals surface area contributed by atoms with Crippen molar-refractivity contribution in [2.45, 2.75) is 26.2 Å². The maximum Gasteiger partial charge on any atom is 0.263 e. The number of hydrogen-bond acceptors (Lipinski definition) is 3. The van der Waals surface area contributed by atoms with Gasteiger partial charge in [0.15, 0.2) is 0 Å². The Morgan fingerprint density at radius 2 is 2.07 bits per heavy atom. The zero-order valence-corrected chi connectivity index (χ0v) is 15.6. The van der Waals surface area contributed by atoms with E-state index in [0.717, 1.165) is 47.2 Å². The second-order valence-corrected chi connectivity index (χ2v) is 6.62. The van der Waals surface area contributed by atoms with Crippen LogP contribution >= 0.6 is 0 Å². The van der Waals surface area contributed by atoms with Crippen LogP contribution in [-0.2, 0) is 6.42 Å². The van der Waals surface area contributed by atoms with Gasteiger partial charge in [-0.15, -0.1) is 0 Å². The minimum atomic E-state index is 0.0144. The molecule has 1 aliphatic rings. The Bertz CT molecular complexity index is 1120. The number of methoxy groups -OCH3 is 1. The third-order valence-corrected chi connectivity index (χ3v) is 4.98. The Hall–Kier alpha value is -3.14. The number of benzene rings is 1. The Balaban J connectivity index is 2.04. The third kappa shape index (κ3) is 3.08. The molecule has 0 spiro atoms. The lowest BCUT2D eigenvalue weighted by atomic mass is 9.99. The molecule has 4 heteroatoms. The zero-order chi connectivity index (χ0) is 18.8. The maximum atomic E-state index is 13.6. The first-order valence-electron chi connectivity index (χ1n) is 9.27. The molecule has 0 atom stereocenters. The predicted octanol–water partition coefficient (Wildman–Crippen LogP) is 4.83. The number of nitrogens with zero attached hydrogens (tertiary/aromatic N) is 2. The van der Waals surface area contributed by atoms with Gasteiger partial charge in [0.25, 0.3) is 5.56 Å². The maximum absolute atomic E-state index is 13.6. The van der Waals surface area contributed by atoms with Gasteiger partial charge in [0.2, 0.25) is 0 Å². The summed E-state index contributed by atoms with van der Waals surface area (Å²) in [5, 5.41) is 1.67. The zero-order valence-electron chi connectivity index (χ0n) is 15.6. The van der Waals surface area contributed by atoms with Crippen LogP contribution in [0.25, 0.3) is 27.6 Å². The number of allylic oxidation sites excluding steroid dienone is 4. The number of fused-ring (bicyclic) bond motifs is 1. The van der Waals surface area contributed by atoms with Gasteiger partial charge in [0.1, 0.15) is 5.75 Å². The van der Waals surface area contributed by atoms with E-state index in [0.29, 0.717) is 11.1 Å². The van der Waals surface area contributed by atoms with E-state index in [2.05, 4.69) is 30.1 Å². The summed E-state index contributed by atoms with van der Waals surface area (Å²) in [4.78, 5) is 17.9. The fourth-order valence-corrected chi connectivity index (χ4v) is 3.64. The normalized spacial score (nSPS) is 13.6. The van der Waals surface area contributed by atoms with E-state index in [-0.39, 0.29) is 5.56 Å². The molecule has 0 amide bonds. The lowest BCUT2D eigenvalue weighted by molar-refractivity contribution is 0.413. The summed E-state index contributed by atoms with van der Waals surface area (Å²) in [6, 6.07) is 10.00. The summed E-state index contributed by atoms with van der Waals surface area (Å²) in [5.74, 6) is 0.674. The lowest BCUT2D eigenvalue weighted by Crippen LogP contribution is -2.23. The molecule has 1 aromatic carbocycles. The Morgan fingerprint density at radius 3 is 2.81 bits per heavy atom. The van der Waals surface area contributed by atoms with Crippen molar-refractivity contribution in [2.24, 2.45) is 0 Å². The molecule has 0 aliphatic heterocycles. The first-order chi connectivity index (χ1) is 13.2. The van der Waals surface area contributed by atoms with E-state index in [4.69, 9.17) is 4.74 Å². The molecule has 0 fully saturated rings. The molecule has 4 nitrogen and oxygen atoms in total. The van der Waals surface area contributed by atoms with Gasteiger partial charge in [-0.2, -0.15) is 0 Å². The molecule has 2 heterocycles. The Labute approximate surface area is 158 Å². The molecular formula is C23H22N2O2. The molecule has 4 rings (SSSR count). The molecule has 0 radical (unpaired) electrons. The van der Waals surface area contributed by atoms with E-state index >= 15 is 0 Å². The fraction of sp³-hybridized carbons (Fsp3) is 0.217. The van der Waals surface area contributed by atoms with Crippen molar-refractivity contribution < 1.29 is 4.74 Å². The molecule has 0 saturated heterocycles. The monoisotopic (exact) mass is 358 g/mol. The van der Waals surface area contributed by atoms with Crippen molar-refractivity contribution in [3.8, 4) is 16.9 Å². The van der Waals surface area contributed by atoms with Gasteiger partial charge >= 0.3 is 0 Å². The summed E-state index contributed by atoms with van der Waals surface area (Å²) in [5.41, 5.74) is 3.75. The van der Waals surface area contributed by atoms with Gasteiger partial charge in [-0.1, -0.05) is 37.3 Å². The van der Waals surface area contributed by atoms with E-state index in [1.165, 1.54) is 0 Å². The summed E-state index contributed by atoms with van der Waals surface area (Å²) in [6.07, 6.45) is 12.5. The second kappa shape index (κ2) is 7.23. The highest BCUT2D eigenvalue weighted by molar-refractivity contribution is 5.96. The molecule has 136 valence electrons. The van der Waals surface area contributed by atoms with Gasteiger partial charge < -0.3 is 4.74 Å². The highest BCUT2D eigenvalue weighted by atomic mass is 16.5. The largest absolute Gasteiger partial charge is 0.495 e. The number of rotatable bonds is 4. The van der Waals surface area contributed by atoms with E-state index in [1.807, 2.05) is 34.9 Å². The van der Waals surface area contributed by atoms with Gasteiger partial charge in [-0.25, -0.2) is 0 Å². The summed E-state index contributed by atoms with van der Waals surface area (Å²) >= 11 is 0. The lowest BCUT2D eigenvalue weighted by Gasteiger charge is -2.17. The molecule has 0 bridgehead atoms. The quantitative estimate of drug-likeness (QED) is 0.671. The van der Waals surface area contributed by atoms with Crippen LogP contribution in [-0.4, -0.2) is 16.7 Å². The van der Waals surface area contributed by atoms with Gasteiger partial charge in [0, 0.05) is 23.2 Å². The molecule has 27 heavy (non-hydrogen) atoms. The van der Waals surface area contributed by atoms with Crippen LogP contribution in [0, 0.1) is 0 Å². The first kappa shape index (κ1) is 17.3. The predicted molar refractivity (Wildman–Crippen MR) is 110 cm³/mol. The molecule has 3 aromatic rings. The van der Waals surface area contributed by atoms with Gasteiger partial charge in [0.05, 0.1) is 18.7 Å². The summed E-state index contributed by atoms with van der Waals surface area (Å²) in [7, 11) is 1.62. The van der Waals surface area contributed by atoms with Crippen molar-refractivity contribution in [3.05, 3.63) is 77.0 Å². The van der Waals surface area contributed by atoms with Crippen LogP contribution in [0.15, 0.2) is 65.7 Å². The second-order valence-electron chi connectivity index (χ2n) is 6.62. The van der Waals surface area contributed by atoms with Crippen molar-refractivity contribution in [1.29, 1.82) is 0 Å². The molecule has 1 aliphatic carbocycles. The van der Waals surface area contributed by atoms with Crippen LogP contribution in [0.4, 0.5) is 0 Å². The van der Waals surface area contributed by atoms with Crippen LogP contribution in [0.5, 0.6) is 5.75 Å². The minimum absolute atomic E-state index is 0.0144. The minimum Gasteiger partial charge on any atom is -0.495 e. The number of hydrogen-bond donors (Lipinski definition) is 0. The SMILES string of the molecule is CCc1cc2cccc(-c3cncc(OC)c3)c2c(=O)n1C1=CCCC=C1. The standard InChI is InChI=1S/C23H22N2O2/c1-3-18-12-16-8-7-11-21(17-13-20(27-2)15-24-14-17)22(16)23(26)25(18)19-9-5-4-6-10-19/h5,7-15H,3-4,6H2,1-2H3. The van der Waals surface area contributed by atoms with Crippen molar-refractivity contribution >= 4 is 16.5 Å². The smallest absolute Gasteiger partial charge is 0.263 e. The van der Waals surface area contributed by atoms with Crippen LogP contribution in [0.3, 0.4) is 0 Å².